The van der Waals surface area contributed by atoms with Crippen molar-refractivity contribution in [2.45, 2.75) is 32.0 Å². The molecule has 1 aromatic carbocycles. The number of amides is 1. The topological polar surface area (TPSA) is 55.1 Å². The van der Waals surface area contributed by atoms with Crippen molar-refractivity contribution in [1.82, 2.24) is 0 Å². The summed E-state index contributed by atoms with van der Waals surface area (Å²) in [5, 5.41) is 2.70. The van der Waals surface area contributed by atoms with Crippen molar-refractivity contribution < 1.29 is 18.0 Å². The van der Waals surface area contributed by atoms with Crippen molar-refractivity contribution in [3.8, 4) is 0 Å². The Morgan fingerprint density at radius 2 is 1.83 bits per heavy atom. The van der Waals surface area contributed by atoms with Gasteiger partial charge in [-0.2, -0.15) is 13.2 Å². The number of halogens is 3. The first-order valence-corrected chi connectivity index (χ1v) is 5.34. The van der Waals surface area contributed by atoms with E-state index in [9.17, 15) is 18.0 Å². The van der Waals surface area contributed by atoms with E-state index in [4.69, 9.17) is 5.73 Å². The van der Waals surface area contributed by atoms with Crippen LogP contribution in [-0.2, 0) is 11.0 Å². The summed E-state index contributed by atoms with van der Waals surface area (Å²) in [6.07, 6.45) is -4.49. The first-order chi connectivity index (χ1) is 8.12. The predicted molar refractivity (Wildman–Crippen MR) is 63.0 cm³/mol. The van der Waals surface area contributed by atoms with Gasteiger partial charge in [-0.05, 0) is 26.0 Å². The van der Waals surface area contributed by atoms with Gasteiger partial charge in [0, 0.05) is 17.6 Å². The Bertz CT molecular complexity index is 441. The summed E-state index contributed by atoms with van der Waals surface area (Å²) in [6, 6.07) is 5.13. The molecule has 6 heteroatoms. The van der Waals surface area contributed by atoms with Gasteiger partial charge in [-0.25, -0.2) is 0 Å². The van der Waals surface area contributed by atoms with Crippen LogP contribution in [0.4, 0.5) is 18.9 Å². The zero-order chi connectivity index (χ0) is 14.0. The minimum absolute atomic E-state index is 0.0564. The number of hydrogen-bond donors (Lipinski definition) is 2. The zero-order valence-electron chi connectivity index (χ0n) is 10.1. The number of benzene rings is 1. The molecule has 0 atom stereocenters. The molecular weight excluding hydrogens is 245 g/mol. The van der Waals surface area contributed by atoms with Crippen LogP contribution >= 0.6 is 0 Å². The Kier molecular flexibility index (Phi) is 3.88. The lowest BCUT2D eigenvalue weighted by atomic mass is 9.99. The van der Waals surface area contributed by atoms with Gasteiger partial charge in [-0.15, -0.1) is 0 Å². The minimum Gasteiger partial charge on any atom is -0.379 e. The molecule has 3 nitrogen and oxygen atoms in total. The standard InChI is InChI=1S/C12H15F3N2O/c1-11(2,7-10(16)18)17-9-6-4-3-5-8(9)12(13,14)15/h3-6,17H,7H2,1-2H3,(H2,16,18). The molecule has 18 heavy (non-hydrogen) atoms. The predicted octanol–water partition coefficient (Wildman–Crippen LogP) is 2.77. The Morgan fingerprint density at radius 1 is 1.28 bits per heavy atom. The summed E-state index contributed by atoms with van der Waals surface area (Å²) in [5.74, 6) is -0.572. The van der Waals surface area contributed by atoms with Gasteiger partial charge in [0.25, 0.3) is 0 Å². The molecule has 0 radical (unpaired) electrons. The number of rotatable bonds is 4. The third-order valence-electron chi connectivity index (χ3n) is 2.32. The number of para-hydroxylation sites is 1. The SMILES string of the molecule is CC(C)(CC(N)=O)Nc1ccccc1C(F)(F)F. The fourth-order valence-corrected chi connectivity index (χ4v) is 1.68. The molecule has 3 N–H and O–H groups in total. The van der Waals surface area contributed by atoms with Gasteiger partial charge >= 0.3 is 6.18 Å². The number of alkyl halides is 3. The molecule has 1 rings (SSSR count). The molecule has 1 amide bonds. The maximum Gasteiger partial charge on any atom is 0.418 e. The Balaban J connectivity index is 3.01. The van der Waals surface area contributed by atoms with Crippen LogP contribution in [0.2, 0.25) is 0 Å². The van der Waals surface area contributed by atoms with E-state index in [1.807, 2.05) is 0 Å². The molecule has 0 aliphatic rings. The summed E-state index contributed by atoms with van der Waals surface area (Å²) in [4.78, 5) is 10.8. The molecule has 0 aromatic heterocycles. The van der Waals surface area contributed by atoms with E-state index in [2.05, 4.69) is 5.32 Å². The number of anilines is 1. The first-order valence-electron chi connectivity index (χ1n) is 5.34. The van der Waals surface area contributed by atoms with Crippen LogP contribution in [0.1, 0.15) is 25.8 Å². The van der Waals surface area contributed by atoms with Gasteiger partial charge in [-0.1, -0.05) is 12.1 Å². The fraction of sp³-hybridized carbons (Fsp3) is 0.417. The smallest absolute Gasteiger partial charge is 0.379 e. The van der Waals surface area contributed by atoms with Crippen LogP contribution in [0.25, 0.3) is 0 Å². The highest BCUT2D eigenvalue weighted by atomic mass is 19.4. The second kappa shape index (κ2) is 4.88. The van der Waals surface area contributed by atoms with Crippen LogP contribution in [0.15, 0.2) is 24.3 Å². The molecule has 0 bridgehead atoms. The lowest BCUT2D eigenvalue weighted by Gasteiger charge is -2.28. The van der Waals surface area contributed by atoms with Crippen molar-refractivity contribution >= 4 is 11.6 Å². The van der Waals surface area contributed by atoms with E-state index in [0.29, 0.717) is 0 Å². The van der Waals surface area contributed by atoms with Crippen LogP contribution < -0.4 is 11.1 Å². The lowest BCUT2D eigenvalue weighted by Crippen LogP contribution is -2.36. The summed E-state index contributed by atoms with van der Waals surface area (Å²) < 4.78 is 38.3. The average molecular weight is 260 g/mol. The number of nitrogens with two attached hydrogens (primary N) is 1. The van der Waals surface area contributed by atoms with E-state index in [0.717, 1.165) is 6.07 Å². The molecule has 0 unspecified atom stereocenters. The van der Waals surface area contributed by atoms with Crippen LogP contribution in [0.5, 0.6) is 0 Å². The minimum atomic E-state index is -4.44. The van der Waals surface area contributed by atoms with Crippen LogP contribution in [0.3, 0.4) is 0 Å². The molecule has 100 valence electrons. The fourth-order valence-electron chi connectivity index (χ4n) is 1.68. The zero-order valence-corrected chi connectivity index (χ0v) is 10.1. The highest BCUT2D eigenvalue weighted by Gasteiger charge is 2.34. The summed E-state index contributed by atoms with van der Waals surface area (Å²) >= 11 is 0. The highest BCUT2D eigenvalue weighted by molar-refractivity contribution is 5.75. The van der Waals surface area contributed by atoms with E-state index in [1.54, 1.807) is 13.8 Å². The highest BCUT2D eigenvalue weighted by Crippen LogP contribution is 2.35. The molecule has 0 saturated heterocycles. The normalized spacial score (nSPS) is 12.3. The second-order valence-electron chi connectivity index (χ2n) is 4.70. The Hall–Kier alpha value is -1.72. The molecular formula is C12H15F3N2O. The number of hydrogen-bond acceptors (Lipinski definition) is 2. The van der Waals surface area contributed by atoms with Crippen molar-refractivity contribution in [2.24, 2.45) is 5.73 Å². The number of nitrogens with one attached hydrogen (secondary N) is 1. The van der Waals surface area contributed by atoms with Gasteiger partial charge in [-0.3, -0.25) is 4.79 Å². The molecule has 0 aliphatic carbocycles. The van der Waals surface area contributed by atoms with Crippen molar-refractivity contribution in [3.63, 3.8) is 0 Å². The van der Waals surface area contributed by atoms with Gasteiger partial charge in [0.2, 0.25) is 5.91 Å². The van der Waals surface area contributed by atoms with Gasteiger partial charge in [0.15, 0.2) is 0 Å². The average Bonchev–Trinajstić information content (AvgIpc) is 2.13. The van der Waals surface area contributed by atoms with Gasteiger partial charge < -0.3 is 11.1 Å². The molecule has 1 aromatic rings. The summed E-state index contributed by atoms with van der Waals surface area (Å²) in [5.41, 5.74) is 3.39. The number of primary amides is 1. The van der Waals surface area contributed by atoms with Crippen molar-refractivity contribution in [1.29, 1.82) is 0 Å². The van der Waals surface area contributed by atoms with Crippen molar-refractivity contribution in [3.05, 3.63) is 29.8 Å². The van der Waals surface area contributed by atoms with Gasteiger partial charge in [0.1, 0.15) is 0 Å². The summed E-state index contributed by atoms with van der Waals surface area (Å²) in [6.45, 7) is 3.23. The lowest BCUT2D eigenvalue weighted by molar-refractivity contribution is -0.137. The maximum atomic E-state index is 12.8. The quantitative estimate of drug-likeness (QED) is 0.874. The van der Waals surface area contributed by atoms with E-state index in [1.165, 1.54) is 18.2 Å². The molecule has 0 heterocycles. The van der Waals surface area contributed by atoms with E-state index < -0.39 is 23.2 Å². The number of carbonyl (C=O) groups excluding carboxylic acids is 1. The van der Waals surface area contributed by atoms with Crippen molar-refractivity contribution in [2.75, 3.05) is 5.32 Å². The largest absolute Gasteiger partial charge is 0.418 e. The third kappa shape index (κ3) is 3.94. The maximum absolute atomic E-state index is 12.8. The Labute approximate surface area is 103 Å². The third-order valence-corrected chi connectivity index (χ3v) is 2.32. The monoisotopic (exact) mass is 260 g/mol. The summed E-state index contributed by atoms with van der Waals surface area (Å²) in [7, 11) is 0. The van der Waals surface area contributed by atoms with Crippen LogP contribution in [-0.4, -0.2) is 11.4 Å². The Morgan fingerprint density at radius 3 is 2.33 bits per heavy atom. The number of carbonyl (C=O) groups is 1. The molecule has 0 saturated carbocycles. The first kappa shape index (κ1) is 14.3. The molecule has 0 aliphatic heterocycles. The second-order valence-corrected chi connectivity index (χ2v) is 4.70. The van der Waals surface area contributed by atoms with Crippen LogP contribution in [0, 0.1) is 0 Å². The molecule has 0 spiro atoms. The van der Waals surface area contributed by atoms with Gasteiger partial charge in [0.05, 0.1) is 5.56 Å². The van der Waals surface area contributed by atoms with E-state index in [-0.39, 0.29) is 12.1 Å². The molecule has 0 fully saturated rings. The van der Waals surface area contributed by atoms with E-state index >= 15 is 0 Å².